The van der Waals surface area contributed by atoms with E-state index in [0.29, 0.717) is 0 Å². The lowest BCUT2D eigenvalue weighted by atomic mass is 10.0. The van der Waals surface area contributed by atoms with Crippen molar-refractivity contribution in [3.05, 3.63) is 50.6 Å². The first-order chi connectivity index (χ1) is 10.2. The van der Waals surface area contributed by atoms with Gasteiger partial charge in [-0.1, -0.05) is 25.4 Å². The van der Waals surface area contributed by atoms with E-state index in [1.807, 2.05) is 12.3 Å². The summed E-state index contributed by atoms with van der Waals surface area (Å²) in [4.78, 5) is 4.52. The first kappa shape index (κ1) is 16.8. The summed E-state index contributed by atoms with van der Waals surface area (Å²) in [7, 11) is 0. The highest BCUT2D eigenvalue weighted by atomic mass is 127. The molecule has 1 unspecified atom stereocenters. The van der Waals surface area contributed by atoms with Gasteiger partial charge < -0.3 is 9.88 Å². The van der Waals surface area contributed by atoms with Crippen LogP contribution in [-0.4, -0.2) is 16.1 Å². The third-order valence-corrected chi connectivity index (χ3v) is 4.65. The van der Waals surface area contributed by atoms with Crippen LogP contribution in [0, 0.1) is 3.57 Å². The lowest BCUT2D eigenvalue weighted by Crippen LogP contribution is -2.25. The molecule has 1 atom stereocenters. The van der Waals surface area contributed by atoms with E-state index in [2.05, 4.69) is 69.6 Å². The average molecular weight is 418 g/mol. The van der Waals surface area contributed by atoms with Crippen molar-refractivity contribution in [3.63, 3.8) is 0 Å². The maximum absolute atomic E-state index is 6.17. The van der Waals surface area contributed by atoms with Crippen molar-refractivity contribution < 1.29 is 0 Å². The van der Waals surface area contributed by atoms with Crippen LogP contribution in [0.3, 0.4) is 0 Å². The molecule has 0 bridgehead atoms. The highest BCUT2D eigenvalue weighted by Gasteiger charge is 2.17. The molecule has 1 N–H and O–H groups in total. The number of halogens is 2. The van der Waals surface area contributed by atoms with Gasteiger partial charge in [-0.3, -0.25) is 0 Å². The Hall–Kier alpha value is -0.590. The van der Waals surface area contributed by atoms with E-state index in [-0.39, 0.29) is 6.04 Å². The molecule has 0 saturated carbocycles. The zero-order valence-corrected chi connectivity index (χ0v) is 15.4. The Bertz CT molecular complexity index is 583. The molecule has 0 radical (unpaired) electrons. The SMILES string of the molecule is CCCn1ccnc1CC(NCC)c1cc(Cl)ccc1I. The second kappa shape index (κ2) is 8.15. The molecule has 114 valence electrons. The minimum atomic E-state index is 0.235. The Morgan fingerprint density at radius 3 is 2.90 bits per heavy atom. The number of likely N-dealkylation sites (N-methyl/N-ethyl adjacent to an activating group) is 1. The van der Waals surface area contributed by atoms with E-state index in [1.54, 1.807) is 0 Å². The van der Waals surface area contributed by atoms with E-state index in [4.69, 9.17) is 11.6 Å². The Morgan fingerprint density at radius 2 is 2.19 bits per heavy atom. The van der Waals surface area contributed by atoms with Gasteiger partial charge in [0.15, 0.2) is 0 Å². The van der Waals surface area contributed by atoms with Gasteiger partial charge in [0.05, 0.1) is 0 Å². The smallest absolute Gasteiger partial charge is 0.110 e. The third-order valence-electron chi connectivity index (χ3n) is 3.44. The molecule has 0 saturated heterocycles. The molecule has 0 aliphatic heterocycles. The molecule has 0 fully saturated rings. The number of nitrogens with one attached hydrogen (secondary N) is 1. The van der Waals surface area contributed by atoms with Crippen LogP contribution in [-0.2, 0) is 13.0 Å². The van der Waals surface area contributed by atoms with Gasteiger partial charge in [-0.25, -0.2) is 4.98 Å². The molecular formula is C16H21ClIN3. The predicted octanol–water partition coefficient (Wildman–Crippen LogP) is 4.44. The molecule has 2 rings (SSSR count). The molecule has 3 nitrogen and oxygen atoms in total. The number of aromatic nitrogens is 2. The van der Waals surface area contributed by atoms with Gasteiger partial charge in [-0.2, -0.15) is 0 Å². The Kier molecular flexibility index (Phi) is 6.51. The summed E-state index contributed by atoms with van der Waals surface area (Å²) in [5, 5.41) is 4.34. The number of hydrogen-bond acceptors (Lipinski definition) is 2. The first-order valence-electron chi connectivity index (χ1n) is 7.34. The zero-order chi connectivity index (χ0) is 15.2. The van der Waals surface area contributed by atoms with Crippen LogP contribution in [0.4, 0.5) is 0 Å². The lowest BCUT2D eigenvalue weighted by Gasteiger charge is -2.20. The second-order valence-corrected chi connectivity index (χ2v) is 6.62. The van der Waals surface area contributed by atoms with E-state index in [0.717, 1.165) is 36.8 Å². The highest BCUT2D eigenvalue weighted by Crippen LogP contribution is 2.26. The zero-order valence-electron chi connectivity index (χ0n) is 12.4. The molecule has 1 aromatic heterocycles. The van der Waals surface area contributed by atoms with Gasteiger partial charge in [0, 0.05) is 40.0 Å². The molecule has 21 heavy (non-hydrogen) atoms. The van der Waals surface area contributed by atoms with Crippen molar-refractivity contribution >= 4 is 34.2 Å². The van der Waals surface area contributed by atoms with Crippen LogP contribution in [0.2, 0.25) is 5.02 Å². The molecule has 5 heteroatoms. The number of aryl methyl sites for hydroxylation is 1. The molecule has 0 aliphatic rings. The summed E-state index contributed by atoms with van der Waals surface area (Å²) < 4.78 is 3.47. The molecule has 1 heterocycles. The fraction of sp³-hybridized carbons (Fsp3) is 0.438. The minimum absolute atomic E-state index is 0.235. The maximum atomic E-state index is 6.17. The minimum Gasteiger partial charge on any atom is -0.335 e. The van der Waals surface area contributed by atoms with Crippen molar-refractivity contribution in [1.29, 1.82) is 0 Å². The van der Waals surface area contributed by atoms with E-state index in [1.165, 1.54) is 9.13 Å². The summed E-state index contributed by atoms with van der Waals surface area (Å²) in [6, 6.07) is 6.30. The van der Waals surface area contributed by atoms with Crippen molar-refractivity contribution in [3.8, 4) is 0 Å². The Morgan fingerprint density at radius 1 is 1.38 bits per heavy atom. The van der Waals surface area contributed by atoms with Gasteiger partial charge in [-0.05, 0) is 59.3 Å². The molecule has 1 aromatic carbocycles. The van der Waals surface area contributed by atoms with Crippen LogP contribution in [0.15, 0.2) is 30.6 Å². The van der Waals surface area contributed by atoms with Crippen LogP contribution in [0.1, 0.15) is 37.7 Å². The molecule has 0 spiro atoms. The van der Waals surface area contributed by atoms with Gasteiger partial charge in [0.1, 0.15) is 5.82 Å². The average Bonchev–Trinajstić information content (AvgIpc) is 2.89. The molecule has 0 aliphatic carbocycles. The van der Waals surface area contributed by atoms with Crippen LogP contribution < -0.4 is 5.32 Å². The summed E-state index contributed by atoms with van der Waals surface area (Å²) in [6.07, 6.45) is 5.93. The summed E-state index contributed by atoms with van der Waals surface area (Å²) in [5.74, 6) is 1.12. The summed E-state index contributed by atoms with van der Waals surface area (Å²) in [6.45, 7) is 6.25. The van der Waals surface area contributed by atoms with Crippen LogP contribution in [0.25, 0.3) is 0 Å². The van der Waals surface area contributed by atoms with Gasteiger partial charge in [-0.15, -0.1) is 0 Å². The molecule has 0 amide bonds. The standard InChI is InChI=1S/C16H21ClIN3/c1-3-8-21-9-7-20-16(21)11-15(19-4-2)13-10-12(17)5-6-14(13)18/h5-7,9-10,15,19H,3-4,8,11H2,1-2H3. The van der Waals surface area contributed by atoms with E-state index < -0.39 is 0 Å². The van der Waals surface area contributed by atoms with Crippen LogP contribution in [0.5, 0.6) is 0 Å². The molecule has 2 aromatic rings. The predicted molar refractivity (Wildman–Crippen MR) is 96.8 cm³/mol. The summed E-state index contributed by atoms with van der Waals surface area (Å²) in [5.41, 5.74) is 1.25. The van der Waals surface area contributed by atoms with E-state index >= 15 is 0 Å². The fourth-order valence-corrected chi connectivity index (χ4v) is 3.37. The van der Waals surface area contributed by atoms with Gasteiger partial charge in [0.2, 0.25) is 0 Å². The fourth-order valence-electron chi connectivity index (χ4n) is 2.48. The van der Waals surface area contributed by atoms with Crippen molar-refractivity contribution in [2.24, 2.45) is 0 Å². The molecular weight excluding hydrogens is 397 g/mol. The van der Waals surface area contributed by atoms with E-state index in [9.17, 15) is 0 Å². The summed E-state index contributed by atoms with van der Waals surface area (Å²) >= 11 is 8.54. The lowest BCUT2D eigenvalue weighted by molar-refractivity contribution is 0.514. The quantitative estimate of drug-likeness (QED) is 0.675. The second-order valence-electron chi connectivity index (χ2n) is 5.02. The number of imidazole rings is 1. The number of benzene rings is 1. The van der Waals surface area contributed by atoms with Crippen LogP contribution >= 0.6 is 34.2 Å². The highest BCUT2D eigenvalue weighted by molar-refractivity contribution is 14.1. The maximum Gasteiger partial charge on any atom is 0.110 e. The first-order valence-corrected chi connectivity index (χ1v) is 8.79. The Labute approximate surface area is 145 Å². The number of nitrogens with zero attached hydrogens (tertiary/aromatic N) is 2. The topological polar surface area (TPSA) is 29.9 Å². The largest absolute Gasteiger partial charge is 0.335 e. The Balaban J connectivity index is 2.26. The van der Waals surface area contributed by atoms with Crippen molar-refractivity contribution in [2.75, 3.05) is 6.54 Å². The number of rotatable bonds is 7. The van der Waals surface area contributed by atoms with Gasteiger partial charge >= 0.3 is 0 Å². The number of hydrogen-bond donors (Lipinski definition) is 1. The third kappa shape index (κ3) is 4.44. The van der Waals surface area contributed by atoms with Crippen molar-refractivity contribution in [1.82, 2.24) is 14.9 Å². The normalized spacial score (nSPS) is 12.6. The van der Waals surface area contributed by atoms with Gasteiger partial charge in [0.25, 0.3) is 0 Å². The van der Waals surface area contributed by atoms with Crippen molar-refractivity contribution in [2.45, 2.75) is 39.3 Å². The monoisotopic (exact) mass is 417 g/mol.